The molecule has 2 N–H and O–H groups in total. The lowest BCUT2D eigenvalue weighted by molar-refractivity contribution is -0.384. The number of sulfonamides is 1. The minimum Gasteiger partial charge on any atom is -0.356 e. The molecule has 0 bridgehead atoms. The van der Waals surface area contributed by atoms with Crippen LogP contribution in [0.25, 0.3) is 0 Å². The van der Waals surface area contributed by atoms with Crippen LogP contribution in [0.4, 0.5) is 11.4 Å². The Morgan fingerprint density at radius 2 is 2.29 bits per heavy atom. The first-order valence-corrected chi connectivity index (χ1v) is 8.53. The van der Waals surface area contributed by atoms with E-state index in [1.165, 1.54) is 12.1 Å². The summed E-state index contributed by atoms with van der Waals surface area (Å²) in [4.78, 5) is 13.7. The molecule has 1 aromatic carbocycles. The number of ether oxygens (including phenoxy) is 1. The van der Waals surface area contributed by atoms with Gasteiger partial charge in [0, 0.05) is 26.2 Å². The van der Waals surface area contributed by atoms with E-state index in [0.29, 0.717) is 19.7 Å². The SMILES string of the molecule is CN(c1ccc(S(N)(=O)=O)cc1[N+](=O)[O-])C1CN(CC#N)CCO1. The van der Waals surface area contributed by atoms with Gasteiger partial charge in [-0.1, -0.05) is 0 Å². The van der Waals surface area contributed by atoms with Crippen LogP contribution in [0.5, 0.6) is 0 Å². The molecular formula is C13H17N5O5S. The number of nitriles is 1. The second-order valence-corrected chi connectivity index (χ2v) is 6.84. The van der Waals surface area contributed by atoms with Crippen molar-refractivity contribution in [2.45, 2.75) is 11.1 Å². The van der Waals surface area contributed by atoms with Crippen molar-refractivity contribution in [2.75, 3.05) is 38.2 Å². The first-order chi connectivity index (χ1) is 11.2. The Labute approximate surface area is 139 Å². The standard InChI is InChI=1S/C13H17N5O5S/c1-16(13-9-17(5-4-14)6-7-23-13)11-3-2-10(24(15,21)22)8-12(11)18(19)20/h2-3,8,13H,5-7,9H2,1H3,(H2,15,21,22). The molecule has 1 saturated heterocycles. The second kappa shape index (κ2) is 7.10. The van der Waals surface area contributed by atoms with Crippen molar-refractivity contribution in [1.82, 2.24) is 4.90 Å². The van der Waals surface area contributed by atoms with Crippen molar-refractivity contribution in [3.8, 4) is 6.07 Å². The predicted molar refractivity (Wildman–Crippen MR) is 84.7 cm³/mol. The Balaban J connectivity index is 2.33. The van der Waals surface area contributed by atoms with Crippen molar-refractivity contribution < 1.29 is 18.1 Å². The smallest absolute Gasteiger partial charge is 0.293 e. The van der Waals surface area contributed by atoms with Crippen molar-refractivity contribution in [3.05, 3.63) is 28.3 Å². The van der Waals surface area contributed by atoms with Gasteiger partial charge in [0.25, 0.3) is 5.69 Å². The molecule has 1 aliphatic rings. The normalized spacial score (nSPS) is 18.8. The summed E-state index contributed by atoms with van der Waals surface area (Å²) in [7, 11) is -2.43. The number of nitrogens with zero attached hydrogens (tertiary/aromatic N) is 4. The van der Waals surface area contributed by atoms with Gasteiger partial charge in [-0.3, -0.25) is 15.0 Å². The molecule has 0 radical (unpaired) electrons. The van der Waals surface area contributed by atoms with Crippen LogP contribution in [-0.2, 0) is 14.8 Å². The van der Waals surface area contributed by atoms with E-state index in [1.807, 2.05) is 4.90 Å². The zero-order chi connectivity index (χ0) is 17.9. The van der Waals surface area contributed by atoms with E-state index in [2.05, 4.69) is 6.07 Å². The van der Waals surface area contributed by atoms with Crippen LogP contribution in [0, 0.1) is 21.4 Å². The van der Waals surface area contributed by atoms with Gasteiger partial charge in [0.15, 0.2) is 0 Å². The molecule has 1 aromatic rings. The molecule has 1 atom stereocenters. The maximum absolute atomic E-state index is 11.4. The Hall–Kier alpha value is -2.26. The van der Waals surface area contributed by atoms with Gasteiger partial charge >= 0.3 is 0 Å². The summed E-state index contributed by atoms with van der Waals surface area (Å²) < 4.78 is 28.4. The van der Waals surface area contributed by atoms with Gasteiger partial charge in [0.1, 0.15) is 11.9 Å². The summed E-state index contributed by atoms with van der Waals surface area (Å²) in [6, 6.07) is 5.52. The number of likely N-dealkylation sites (N-methyl/N-ethyl adjacent to an activating group) is 1. The van der Waals surface area contributed by atoms with Crippen LogP contribution < -0.4 is 10.0 Å². The molecule has 0 aromatic heterocycles. The minimum absolute atomic E-state index is 0.205. The molecular weight excluding hydrogens is 338 g/mol. The molecule has 1 fully saturated rings. The molecule has 2 rings (SSSR count). The number of nitrogens with two attached hydrogens (primary N) is 1. The van der Waals surface area contributed by atoms with Gasteiger partial charge in [0.2, 0.25) is 10.0 Å². The van der Waals surface area contributed by atoms with Crippen molar-refractivity contribution >= 4 is 21.4 Å². The molecule has 1 aliphatic heterocycles. The molecule has 1 heterocycles. The van der Waals surface area contributed by atoms with Crippen LogP contribution in [0.1, 0.15) is 0 Å². The number of rotatable bonds is 5. The van der Waals surface area contributed by atoms with Gasteiger partial charge in [-0.25, -0.2) is 13.6 Å². The van der Waals surface area contributed by atoms with E-state index in [1.54, 1.807) is 11.9 Å². The fourth-order valence-corrected chi connectivity index (χ4v) is 2.97. The number of nitro benzene ring substituents is 1. The lowest BCUT2D eigenvalue weighted by Gasteiger charge is -2.37. The monoisotopic (exact) mass is 355 g/mol. The van der Waals surface area contributed by atoms with E-state index in [4.69, 9.17) is 15.1 Å². The number of hydrogen-bond donors (Lipinski definition) is 1. The number of morpholine rings is 1. The Bertz CT molecular complexity index is 775. The maximum atomic E-state index is 11.4. The Morgan fingerprint density at radius 3 is 2.88 bits per heavy atom. The summed E-state index contributed by atoms with van der Waals surface area (Å²) in [5.41, 5.74) is -0.179. The number of anilines is 1. The molecule has 1 unspecified atom stereocenters. The number of hydrogen-bond acceptors (Lipinski definition) is 8. The van der Waals surface area contributed by atoms with Crippen LogP contribution >= 0.6 is 0 Å². The first-order valence-electron chi connectivity index (χ1n) is 6.99. The zero-order valence-corrected chi connectivity index (χ0v) is 13.8. The van der Waals surface area contributed by atoms with Gasteiger partial charge in [-0.2, -0.15) is 5.26 Å². The highest BCUT2D eigenvalue weighted by Gasteiger charge is 2.29. The van der Waals surface area contributed by atoms with Crippen LogP contribution in [0.3, 0.4) is 0 Å². The van der Waals surface area contributed by atoms with Crippen molar-refractivity contribution in [1.29, 1.82) is 5.26 Å². The van der Waals surface area contributed by atoms with Crippen LogP contribution in [0.15, 0.2) is 23.1 Å². The van der Waals surface area contributed by atoms with Crippen molar-refractivity contribution in [3.63, 3.8) is 0 Å². The highest BCUT2D eigenvalue weighted by Crippen LogP contribution is 2.31. The van der Waals surface area contributed by atoms with Gasteiger partial charge in [0.05, 0.1) is 29.0 Å². The van der Waals surface area contributed by atoms with Crippen LogP contribution in [-0.4, -0.2) is 57.8 Å². The molecule has 10 nitrogen and oxygen atoms in total. The highest BCUT2D eigenvalue weighted by atomic mass is 32.2. The van der Waals surface area contributed by atoms with Crippen molar-refractivity contribution in [2.24, 2.45) is 5.14 Å². The molecule has 0 spiro atoms. The molecule has 0 saturated carbocycles. The van der Waals surface area contributed by atoms with E-state index < -0.39 is 21.2 Å². The molecule has 0 aliphatic carbocycles. The summed E-state index contributed by atoms with van der Waals surface area (Å²) in [6.45, 7) is 1.63. The third-order valence-electron chi connectivity index (χ3n) is 3.71. The maximum Gasteiger partial charge on any atom is 0.293 e. The average molecular weight is 355 g/mol. The van der Waals surface area contributed by atoms with Gasteiger partial charge in [-0.15, -0.1) is 0 Å². The summed E-state index contributed by atoms with van der Waals surface area (Å²) in [5.74, 6) is 0. The zero-order valence-electron chi connectivity index (χ0n) is 13.0. The number of benzene rings is 1. The van der Waals surface area contributed by atoms with E-state index in [9.17, 15) is 18.5 Å². The topological polar surface area (TPSA) is 143 Å². The molecule has 11 heteroatoms. The predicted octanol–water partition coefficient (Wildman–Crippen LogP) is -0.140. The lowest BCUT2D eigenvalue weighted by atomic mass is 10.2. The fraction of sp³-hybridized carbons (Fsp3) is 0.462. The summed E-state index contributed by atoms with van der Waals surface area (Å²) in [6.07, 6.45) is -0.494. The van der Waals surface area contributed by atoms with Gasteiger partial charge < -0.3 is 9.64 Å². The fourth-order valence-electron chi connectivity index (χ4n) is 2.44. The minimum atomic E-state index is -4.04. The number of nitro groups is 1. The van der Waals surface area contributed by atoms with E-state index in [-0.39, 0.29) is 22.8 Å². The second-order valence-electron chi connectivity index (χ2n) is 5.28. The first kappa shape index (κ1) is 18.1. The molecule has 24 heavy (non-hydrogen) atoms. The molecule has 130 valence electrons. The summed E-state index contributed by atoms with van der Waals surface area (Å²) >= 11 is 0. The van der Waals surface area contributed by atoms with E-state index in [0.717, 1.165) is 6.07 Å². The highest BCUT2D eigenvalue weighted by molar-refractivity contribution is 7.89. The third-order valence-corrected chi connectivity index (χ3v) is 4.62. The average Bonchev–Trinajstić information content (AvgIpc) is 2.53. The largest absolute Gasteiger partial charge is 0.356 e. The quantitative estimate of drug-likeness (QED) is 0.437. The third kappa shape index (κ3) is 3.98. The summed E-state index contributed by atoms with van der Waals surface area (Å²) in [5, 5.41) is 25.1. The Morgan fingerprint density at radius 1 is 1.58 bits per heavy atom. The lowest BCUT2D eigenvalue weighted by Crippen LogP contribution is -2.50. The van der Waals surface area contributed by atoms with Crippen LogP contribution in [0.2, 0.25) is 0 Å². The molecule has 0 amide bonds. The van der Waals surface area contributed by atoms with Gasteiger partial charge in [-0.05, 0) is 12.1 Å². The Kier molecular flexibility index (Phi) is 5.35. The number of primary sulfonamides is 1. The van der Waals surface area contributed by atoms with E-state index >= 15 is 0 Å².